The van der Waals surface area contributed by atoms with Gasteiger partial charge in [-0.25, -0.2) is 0 Å². The monoisotopic (exact) mass is 465 g/mol. The van der Waals surface area contributed by atoms with E-state index in [1.54, 1.807) is 0 Å². The van der Waals surface area contributed by atoms with Gasteiger partial charge in [0.15, 0.2) is 0 Å². The molecule has 0 heterocycles. The van der Waals surface area contributed by atoms with Gasteiger partial charge in [0.05, 0.1) is 0 Å². The Hall–Kier alpha value is -1.03. The summed E-state index contributed by atoms with van der Waals surface area (Å²) in [5.74, 6) is 1.01. The van der Waals surface area contributed by atoms with Crippen molar-refractivity contribution < 1.29 is 25.9 Å². The molecule has 0 radical (unpaired) electrons. The summed E-state index contributed by atoms with van der Waals surface area (Å²) in [6, 6.07) is 18.1. The molecule has 0 N–H and O–H groups in total. The molecular weight excluding hydrogens is 431 g/mol. The molecule has 144 valence electrons. The third-order valence-corrected chi connectivity index (χ3v) is 7.21. The van der Waals surface area contributed by atoms with Crippen molar-refractivity contribution in [2.75, 3.05) is 6.61 Å². The molecule has 1 nitrogen and oxygen atoms in total. The SMILES string of the molecule is CCCCCCOc1ccc([I-]c2ccc(CCCCCC)cc2)cc1. The van der Waals surface area contributed by atoms with Crippen LogP contribution in [0.4, 0.5) is 0 Å². The Balaban J connectivity index is 1.74. The minimum absolute atomic E-state index is 0.0940. The molecule has 0 saturated heterocycles. The Morgan fingerprint density at radius 1 is 0.654 bits per heavy atom. The summed E-state index contributed by atoms with van der Waals surface area (Å²) in [5.41, 5.74) is 1.49. The van der Waals surface area contributed by atoms with Crippen LogP contribution in [0.15, 0.2) is 48.5 Å². The number of halogens is 1. The number of rotatable bonds is 13. The molecular formula is C24H34IO-. The fourth-order valence-electron chi connectivity index (χ4n) is 2.91. The first-order chi connectivity index (χ1) is 12.8. The van der Waals surface area contributed by atoms with Crippen molar-refractivity contribution in [3.8, 4) is 5.75 Å². The van der Waals surface area contributed by atoms with E-state index in [0.29, 0.717) is 0 Å². The Morgan fingerprint density at radius 2 is 1.23 bits per heavy atom. The van der Waals surface area contributed by atoms with Gasteiger partial charge in [-0.2, -0.15) is 0 Å². The van der Waals surface area contributed by atoms with E-state index in [1.165, 1.54) is 64.1 Å². The zero-order valence-corrected chi connectivity index (χ0v) is 18.6. The molecule has 0 saturated carbocycles. The van der Waals surface area contributed by atoms with Crippen LogP contribution in [-0.4, -0.2) is 6.61 Å². The normalized spacial score (nSPS) is 11.0. The second-order valence-electron chi connectivity index (χ2n) is 6.89. The number of aryl methyl sites for hydroxylation is 1. The van der Waals surface area contributed by atoms with Gasteiger partial charge in [-0.15, -0.1) is 0 Å². The Bertz CT molecular complexity index is 589. The number of hydrogen-bond acceptors (Lipinski definition) is 1. The van der Waals surface area contributed by atoms with Crippen LogP contribution in [-0.2, 0) is 6.42 Å². The standard InChI is InChI=1S/C24H34IO/c1-3-5-7-9-11-21-12-14-22(15-13-21)25-23-16-18-24(19-17-23)26-20-10-8-6-4-2/h12-19H,3-11,20H2,1-2H3/q-1. The van der Waals surface area contributed by atoms with Crippen molar-refractivity contribution in [3.63, 3.8) is 0 Å². The number of hydrogen-bond donors (Lipinski definition) is 0. The van der Waals surface area contributed by atoms with Crippen molar-refractivity contribution in [2.45, 2.75) is 71.6 Å². The van der Waals surface area contributed by atoms with Crippen LogP contribution in [0.5, 0.6) is 5.75 Å². The average Bonchev–Trinajstić information content (AvgIpc) is 2.68. The average molecular weight is 465 g/mol. The van der Waals surface area contributed by atoms with Crippen LogP contribution in [0.1, 0.15) is 70.8 Å². The summed E-state index contributed by atoms with van der Waals surface area (Å²) < 4.78 is 8.79. The third-order valence-electron chi connectivity index (χ3n) is 4.53. The molecule has 0 aromatic heterocycles. The van der Waals surface area contributed by atoms with Crippen LogP contribution in [0.2, 0.25) is 0 Å². The van der Waals surface area contributed by atoms with Gasteiger partial charge in [0, 0.05) is 0 Å². The maximum absolute atomic E-state index is 5.84. The van der Waals surface area contributed by atoms with E-state index < -0.39 is 0 Å². The van der Waals surface area contributed by atoms with Gasteiger partial charge in [-0.05, 0) is 0 Å². The van der Waals surface area contributed by atoms with Crippen molar-refractivity contribution in [2.24, 2.45) is 0 Å². The Kier molecular flexibility index (Phi) is 10.8. The van der Waals surface area contributed by atoms with Gasteiger partial charge in [0.25, 0.3) is 0 Å². The number of benzene rings is 2. The zero-order chi connectivity index (χ0) is 18.5. The minimum atomic E-state index is -0.0940. The predicted octanol–water partition coefficient (Wildman–Crippen LogP) is 3.90. The second-order valence-corrected chi connectivity index (χ2v) is 9.93. The predicted molar refractivity (Wildman–Crippen MR) is 108 cm³/mol. The molecule has 0 fully saturated rings. The summed E-state index contributed by atoms with van der Waals surface area (Å²) in [6.45, 7) is 5.35. The molecule has 0 spiro atoms. The summed E-state index contributed by atoms with van der Waals surface area (Å²) in [6.07, 6.45) is 11.6. The van der Waals surface area contributed by atoms with Crippen LogP contribution >= 0.6 is 0 Å². The molecule has 0 amide bonds. The molecule has 2 aromatic carbocycles. The molecule has 0 unspecified atom stereocenters. The molecule has 0 aliphatic carbocycles. The van der Waals surface area contributed by atoms with Crippen molar-refractivity contribution in [3.05, 3.63) is 61.2 Å². The van der Waals surface area contributed by atoms with Crippen LogP contribution in [0, 0.1) is 7.14 Å². The summed E-state index contributed by atoms with van der Waals surface area (Å²) >= 11 is -0.0940. The van der Waals surface area contributed by atoms with E-state index >= 15 is 0 Å². The summed E-state index contributed by atoms with van der Waals surface area (Å²) in [7, 11) is 0. The summed E-state index contributed by atoms with van der Waals surface area (Å²) in [4.78, 5) is 0. The van der Waals surface area contributed by atoms with E-state index in [2.05, 4.69) is 62.4 Å². The molecule has 0 bridgehead atoms. The molecule has 2 heteroatoms. The van der Waals surface area contributed by atoms with Crippen molar-refractivity contribution >= 4 is 0 Å². The van der Waals surface area contributed by atoms with Gasteiger partial charge >= 0.3 is 171 Å². The molecule has 2 rings (SSSR count). The molecule has 2 aromatic rings. The third kappa shape index (κ3) is 8.57. The molecule has 0 aliphatic rings. The summed E-state index contributed by atoms with van der Waals surface area (Å²) in [5, 5.41) is 0. The molecule has 0 atom stereocenters. The number of ether oxygens (including phenoxy) is 1. The van der Waals surface area contributed by atoms with Gasteiger partial charge < -0.3 is 0 Å². The van der Waals surface area contributed by atoms with E-state index in [-0.39, 0.29) is 21.2 Å². The quantitative estimate of drug-likeness (QED) is 0.322. The fourth-order valence-corrected chi connectivity index (χ4v) is 5.07. The van der Waals surface area contributed by atoms with E-state index in [1.807, 2.05) is 0 Å². The first-order valence-corrected chi connectivity index (χ1v) is 12.4. The first-order valence-electron chi connectivity index (χ1n) is 10.3. The molecule has 26 heavy (non-hydrogen) atoms. The maximum atomic E-state index is 5.84. The molecule has 0 aliphatic heterocycles. The van der Waals surface area contributed by atoms with E-state index in [4.69, 9.17) is 4.74 Å². The Labute approximate surface area is 170 Å². The van der Waals surface area contributed by atoms with Crippen LogP contribution in [0.25, 0.3) is 0 Å². The van der Waals surface area contributed by atoms with Gasteiger partial charge in [-0.1, -0.05) is 0 Å². The van der Waals surface area contributed by atoms with E-state index in [0.717, 1.165) is 18.8 Å². The topological polar surface area (TPSA) is 9.23 Å². The van der Waals surface area contributed by atoms with Gasteiger partial charge in [0.1, 0.15) is 0 Å². The fraction of sp³-hybridized carbons (Fsp3) is 0.500. The first kappa shape index (κ1) is 21.3. The van der Waals surface area contributed by atoms with Gasteiger partial charge in [0.2, 0.25) is 0 Å². The van der Waals surface area contributed by atoms with E-state index in [9.17, 15) is 0 Å². The van der Waals surface area contributed by atoms with Crippen molar-refractivity contribution in [1.82, 2.24) is 0 Å². The van der Waals surface area contributed by atoms with Crippen LogP contribution < -0.4 is 25.9 Å². The Morgan fingerprint density at radius 3 is 1.85 bits per heavy atom. The van der Waals surface area contributed by atoms with Crippen molar-refractivity contribution in [1.29, 1.82) is 0 Å². The van der Waals surface area contributed by atoms with Crippen LogP contribution in [0.3, 0.4) is 0 Å². The van der Waals surface area contributed by atoms with Gasteiger partial charge in [-0.3, -0.25) is 0 Å². The number of unbranched alkanes of at least 4 members (excludes halogenated alkanes) is 6. The second kappa shape index (κ2) is 13.2. The zero-order valence-electron chi connectivity index (χ0n) is 16.5.